The van der Waals surface area contributed by atoms with Gasteiger partial charge in [-0.2, -0.15) is 0 Å². The lowest BCUT2D eigenvalue weighted by Gasteiger charge is -2.29. The van der Waals surface area contributed by atoms with Crippen molar-refractivity contribution >= 4 is 49.7 Å². The number of aromatic nitrogens is 1. The summed E-state index contributed by atoms with van der Waals surface area (Å²) < 4.78 is 50.0. The number of ether oxygens (including phenoxy) is 4. The fourth-order valence-corrected chi connectivity index (χ4v) is 7.69. The van der Waals surface area contributed by atoms with Crippen LogP contribution in [0.5, 0.6) is 23.0 Å². The normalized spacial score (nSPS) is 14.0. The van der Waals surface area contributed by atoms with Crippen molar-refractivity contribution in [1.29, 1.82) is 0 Å². The molecule has 5 aromatic rings. The Kier molecular flexibility index (Phi) is 13.4. The molecule has 3 N–H and O–H groups in total. The second kappa shape index (κ2) is 18.5. The minimum absolute atomic E-state index is 0.0564. The van der Waals surface area contributed by atoms with E-state index in [0.717, 1.165) is 66.7 Å². The fourth-order valence-electron chi connectivity index (χ4n) is 7.14. The lowest BCUT2D eigenvalue weighted by molar-refractivity contribution is 0.0312. The maximum atomic E-state index is 13.5. The minimum Gasteiger partial charge on any atom is -0.496 e. The number of methoxy groups -OCH3 is 2. The molecule has 1 atom stereocenters. The van der Waals surface area contributed by atoms with Gasteiger partial charge >= 0.3 is 6.03 Å². The first-order valence-corrected chi connectivity index (χ1v) is 21.4. The van der Waals surface area contributed by atoms with Crippen molar-refractivity contribution in [2.24, 2.45) is 5.92 Å². The molecule has 14 heteroatoms. The summed E-state index contributed by atoms with van der Waals surface area (Å²) in [6.07, 6.45) is 3.67. The molecule has 1 saturated heterocycles. The predicted molar refractivity (Wildman–Crippen MR) is 232 cm³/mol. The van der Waals surface area contributed by atoms with E-state index in [9.17, 15) is 18.0 Å². The van der Waals surface area contributed by atoms with Crippen LogP contribution in [0.25, 0.3) is 10.8 Å². The molecule has 6 rings (SSSR count). The number of benzene rings is 4. The van der Waals surface area contributed by atoms with Crippen molar-refractivity contribution in [3.8, 4) is 23.0 Å². The van der Waals surface area contributed by atoms with Crippen LogP contribution in [0.3, 0.4) is 0 Å². The highest BCUT2D eigenvalue weighted by Crippen LogP contribution is 2.40. The van der Waals surface area contributed by atoms with Crippen molar-refractivity contribution in [2.45, 2.75) is 46.0 Å². The van der Waals surface area contributed by atoms with Crippen LogP contribution in [-0.2, 0) is 26.6 Å². The summed E-state index contributed by atoms with van der Waals surface area (Å²) in [6.45, 7) is 12.2. The Bertz CT molecular complexity index is 2430. The first-order valence-electron chi connectivity index (χ1n) is 19.5. The van der Waals surface area contributed by atoms with E-state index >= 15 is 0 Å². The largest absolute Gasteiger partial charge is 0.496 e. The van der Waals surface area contributed by atoms with Gasteiger partial charge in [-0.05, 0) is 64.9 Å². The van der Waals surface area contributed by atoms with Crippen LogP contribution in [-0.4, -0.2) is 83.4 Å². The first kappa shape index (κ1) is 42.9. The number of nitrogens with one attached hydrogen (secondary N) is 3. The highest BCUT2D eigenvalue weighted by molar-refractivity contribution is 7.92. The van der Waals surface area contributed by atoms with E-state index in [0.29, 0.717) is 47.0 Å². The van der Waals surface area contributed by atoms with Crippen LogP contribution in [0.4, 0.5) is 21.9 Å². The minimum atomic E-state index is -3.64. The van der Waals surface area contributed by atoms with E-state index in [1.54, 1.807) is 43.6 Å². The molecule has 2 amide bonds. The average Bonchev–Trinajstić information content (AvgIpc) is 3.18. The van der Waals surface area contributed by atoms with Gasteiger partial charge in [-0.3, -0.25) is 19.4 Å². The number of hydrogen-bond donors (Lipinski definition) is 3. The molecule has 4 aromatic carbocycles. The van der Waals surface area contributed by atoms with Crippen LogP contribution in [0.15, 0.2) is 85.1 Å². The number of carbonyl (C=O) groups excluding carboxylic acids is 2. The number of morpholine rings is 1. The van der Waals surface area contributed by atoms with Crippen molar-refractivity contribution in [3.63, 3.8) is 0 Å². The molecular formula is C45H53N5O8S. The molecule has 0 aliphatic carbocycles. The van der Waals surface area contributed by atoms with Gasteiger partial charge in [-0.25, -0.2) is 13.2 Å². The van der Waals surface area contributed by atoms with Gasteiger partial charge in [0.15, 0.2) is 11.5 Å². The summed E-state index contributed by atoms with van der Waals surface area (Å²) in [5.41, 5.74) is 3.75. The third-order valence-corrected chi connectivity index (χ3v) is 10.6. The van der Waals surface area contributed by atoms with Crippen LogP contribution < -0.4 is 29.6 Å². The van der Waals surface area contributed by atoms with E-state index in [1.165, 1.54) is 7.11 Å². The van der Waals surface area contributed by atoms with Gasteiger partial charge in [-0.15, -0.1) is 0 Å². The molecule has 13 nitrogen and oxygen atoms in total. The zero-order chi connectivity index (χ0) is 42.3. The van der Waals surface area contributed by atoms with Crippen molar-refractivity contribution in [1.82, 2.24) is 9.88 Å². The summed E-state index contributed by atoms with van der Waals surface area (Å²) >= 11 is 0. The summed E-state index contributed by atoms with van der Waals surface area (Å²) in [7, 11) is -0.647. The number of Topliss-reactive ketones (excluding diaryl/α,β-unsaturated/α-hetero) is 1. The van der Waals surface area contributed by atoms with Gasteiger partial charge in [0.2, 0.25) is 10.0 Å². The molecule has 0 bridgehead atoms. The number of carbonyl (C=O) groups is 2. The Balaban J connectivity index is 1.16. The van der Waals surface area contributed by atoms with Gasteiger partial charge in [0.1, 0.15) is 17.2 Å². The average molecular weight is 824 g/mol. The highest BCUT2D eigenvalue weighted by Gasteiger charge is 2.23. The number of fused-ring (bicyclic) bond motifs is 1. The smallest absolute Gasteiger partial charge is 0.323 e. The second-order valence-corrected chi connectivity index (χ2v) is 17.7. The van der Waals surface area contributed by atoms with Crippen molar-refractivity contribution in [2.75, 3.05) is 68.7 Å². The number of amides is 2. The van der Waals surface area contributed by atoms with Gasteiger partial charge in [-0.1, -0.05) is 58.0 Å². The van der Waals surface area contributed by atoms with Gasteiger partial charge in [0.05, 0.1) is 56.3 Å². The van der Waals surface area contributed by atoms with Crippen LogP contribution in [0.1, 0.15) is 61.3 Å². The van der Waals surface area contributed by atoms with Crippen LogP contribution >= 0.6 is 0 Å². The summed E-state index contributed by atoms with van der Waals surface area (Å²) in [6, 6.07) is 23.4. The van der Waals surface area contributed by atoms with E-state index in [1.807, 2.05) is 69.3 Å². The molecular weight excluding hydrogens is 771 g/mol. The van der Waals surface area contributed by atoms with Gasteiger partial charge in [0, 0.05) is 61.2 Å². The predicted octanol–water partition coefficient (Wildman–Crippen LogP) is 8.49. The van der Waals surface area contributed by atoms with Gasteiger partial charge < -0.3 is 29.6 Å². The zero-order valence-electron chi connectivity index (χ0n) is 34.7. The number of sulfonamides is 1. The second-order valence-electron chi connectivity index (χ2n) is 15.9. The summed E-state index contributed by atoms with van der Waals surface area (Å²) in [5, 5.41) is 7.29. The topological polar surface area (TPSA) is 157 Å². The maximum absolute atomic E-state index is 13.5. The third-order valence-electron chi connectivity index (χ3n) is 10.0. The Morgan fingerprint density at radius 1 is 0.864 bits per heavy atom. The Hall–Kier alpha value is -5.70. The molecule has 312 valence electrons. The van der Waals surface area contributed by atoms with E-state index in [2.05, 4.69) is 32.2 Å². The number of nitrogens with zero attached hydrogens (tertiary/aromatic N) is 2. The number of rotatable bonds is 15. The number of anilines is 3. The molecule has 2 heterocycles. The van der Waals surface area contributed by atoms with Crippen molar-refractivity contribution in [3.05, 3.63) is 107 Å². The molecule has 0 saturated carbocycles. The number of pyridine rings is 1. The molecule has 0 unspecified atom stereocenters. The molecule has 0 radical (unpaired) electrons. The number of urea groups is 1. The highest BCUT2D eigenvalue weighted by atomic mass is 32.2. The molecule has 1 aliphatic rings. The SMILES string of the molecule is COc1cc(Cc2cc(Oc3ccc(NC(=O)Nc4cc(C(C)(C)C)cc(NS(C)(=O)=O)c4OC)c4ccccc34)ccn2)ccc1C(=O)C[C@H](C)CN1CCOCC1. The van der Waals surface area contributed by atoms with E-state index < -0.39 is 16.1 Å². The maximum Gasteiger partial charge on any atom is 0.323 e. The summed E-state index contributed by atoms with van der Waals surface area (Å²) in [5.74, 6) is 2.13. The Morgan fingerprint density at radius 2 is 1.58 bits per heavy atom. The van der Waals surface area contributed by atoms with E-state index in [-0.39, 0.29) is 28.6 Å². The summed E-state index contributed by atoms with van der Waals surface area (Å²) in [4.78, 5) is 33.8. The third kappa shape index (κ3) is 11.3. The lowest BCUT2D eigenvalue weighted by Crippen LogP contribution is -2.39. The zero-order valence-corrected chi connectivity index (χ0v) is 35.5. The number of hydrogen-bond acceptors (Lipinski definition) is 10. The number of ketones is 1. The van der Waals surface area contributed by atoms with Gasteiger partial charge in [0.25, 0.3) is 0 Å². The van der Waals surface area contributed by atoms with Crippen LogP contribution in [0, 0.1) is 5.92 Å². The molecule has 1 aromatic heterocycles. The Morgan fingerprint density at radius 3 is 2.27 bits per heavy atom. The lowest BCUT2D eigenvalue weighted by atomic mass is 9.86. The fraction of sp³-hybridized carbons (Fsp3) is 0.356. The standard InChI is InChI=1S/C45H53N5O8S/c1-29(28-50-18-20-57-21-19-50)22-40(51)36-13-12-30(24-42(36)55-5)23-32-27-33(16-17-46-32)58-41-15-14-37(34-10-8-9-11-35(34)41)47-44(52)48-38-25-31(45(2,3)4)26-39(43(38)56-6)49-59(7,53)54/h8-17,24-27,29,49H,18-23,28H2,1-7H3,(H2,47,48,52)/t29-/m0/s1. The first-order chi connectivity index (χ1) is 28.1. The monoisotopic (exact) mass is 823 g/mol. The van der Waals surface area contributed by atoms with Crippen molar-refractivity contribution < 1.29 is 37.0 Å². The molecule has 0 spiro atoms. The molecule has 1 aliphatic heterocycles. The van der Waals surface area contributed by atoms with Crippen LogP contribution in [0.2, 0.25) is 0 Å². The van der Waals surface area contributed by atoms with E-state index in [4.69, 9.17) is 18.9 Å². The quantitative estimate of drug-likeness (QED) is 0.0875. The molecule has 1 fully saturated rings. The Labute approximate surface area is 346 Å². The molecule has 59 heavy (non-hydrogen) atoms.